The Kier molecular flexibility index (Phi) is 4.77. The number of carbonyl (C=O) groups excluding carboxylic acids is 2. The zero-order valence-electron chi connectivity index (χ0n) is 15.3. The Morgan fingerprint density at radius 1 is 1.00 bits per heavy atom. The molecule has 29 heavy (non-hydrogen) atoms. The van der Waals surface area contributed by atoms with Crippen LogP contribution in [0, 0.1) is 0 Å². The van der Waals surface area contributed by atoms with Gasteiger partial charge in [-0.15, -0.1) is 0 Å². The minimum Gasteiger partial charge on any atom is -0.333 e. The predicted molar refractivity (Wildman–Crippen MR) is 99.6 cm³/mol. The predicted octanol–water partition coefficient (Wildman–Crippen LogP) is 3.40. The summed E-state index contributed by atoms with van der Waals surface area (Å²) in [7, 11) is 0. The van der Waals surface area contributed by atoms with Crippen LogP contribution in [0.2, 0.25) is 0 Å². The first-order valence-corrected chi connectivity index (χ1v) is 9.14. The van der Waals surface area contributed by atoms with E-state index in [2.05, 4.69) is 10.6 Å². The Labute approximate surface area is 165 Å². The molecule has 0 saturated heterocycles. The standard InChI is InChI=1S/C21H18F3N3O2/c22-21(23,24)15-9-5-4-8-14(15)18-17-16(25-20(29)26-18)12-27(19(17)28)11-10-13-6-2-1-3-7-13/h1-9,18H,10-12H2,(H2,25,26,29). The molecule has 0 aromatic heterocycles. The molecular weight excluding hydrogens is 383 g/mol. The van der Waals surface area contributed by atoms with E-state index in [-0.39, 0.29) is 23.6 Å². The fraction of sp³-hybridized carbons (Fsp3) is 0.238. The maximum absolute atomic E-state index is 13.5. The van der Waals surface area contributed by atoms with E-state index in [1.54, 1.807) is 4.90 Å². The molecule has 0 fully saturated rings. The van der Waals surface area contributed by atoms with Gasteiger partial charge in [-0.3, -0.25) is 4.79 Å². The van der Waals surface area contributed by atoms with Crippen LogP contribution in [-0.2, 0) is 17.4 Å². The fourth-order valence-electron chi connectivity index (χ4n) is 3.76. The highest BCUT2D eigenvalue weighted by atomic mass is 19.4. The molecule has 2 aliphatic rings. The maximum atomic E-state index is 13.5. The molecule has 8 heteroatoms. The molecule has 2 aliphatic heterocycles. The smallest absolute Gasteiger partial charge is 0.333 e. The number of carbonyl (C=O) groups is 2. The van der Waals surface area contributed by atoms with E-state index in [4.69, 9.17) is 0 Å². The quantitative estimate of drug-likeness (QED) is 0.825. The highest BCUT2D eigenvalue weighted by molar-refractivity contribution is 6.01. The lowest BCUT2D eigenvalue weighted by Gasteiger charge is -2.27. The van der Waals surface area contributed by atoms with Crippen molar-refractivity contribution in [2.75, 3.05) is 13.1 Å². The SMILES string of the molecule is O=C1NC2=C(C(=O)N(CCc3ccccc3)C2)C(c2ccccc2C(F)(F)F)N1. The van der Waals surface area contributed by atoms with Gasteiger partial charge in [-0.1, -0.05) is 48.5 Å². The molecule has 2 N–H and O–H groups in total. The number of benzene rings is 2. The van der Waals surface area contributed by atoms with Crippen molar-refractivity contribution in [3.63, 3.8) is 0 Å². The average molecular weight is 401 g/mol. The summed E-state index contributed by atoms with van der Waals surface area (Å²) in [6.07, 6.45) is -3.99. The largest absolute Gasteiger partial charge is 0.416 e. The topological polar surface area (TPSA) is 61.4 Å². The van der Waals surface area contributed by atoms with E-state index in [1.165, 1.54) is 18.2 Å². The molecule has 1 atom stereocenters. The van der Waals surface area contributed by atoms with Gasteiger partial charge in [0, 0.05) is 6.54 Å². The van der Waals surface area contributed by atoms with Crippen molar-refractivity contribution >= 4 is 11.9 Å². The van der Waals surface area contributed by atoms with Crippen LogP contribution in [0.5, 0.6) is 0 Å². The average Bonchev–Trinajstić information content (AvgIpc) is 3.01. The van der Waals surface area contributed by atoms with Gasteiger partial charge in [-0.2, -0.15) is 13.2 Å². The van der Waals surface area contributed by atoms with Crippen LogP contribution < -0.4 is 10.6 Å². The number of alkyl halides is 3. The number of hydrogen-bond acceptors (Lipinski definition) is 2. The normalized spacial score (nSPS) is 19.1. The molecule has 2 aromatic rings. The van der Waals surface area contributed by atoms with Crippen LogP contribution >= 0.6 is 0 Å². The molecule has 4 rings (SSSR count). The lowest BCUT2D eigenvalue weighted by Crippen LogP contribution is -2.44. The third kappa shape index (κ3) is 3.70. The fourth-order valence-corrected chi connectivity index (χ4v) is 3.76. The molecule has 0 bridgehead atoms. The van der Waals surface area contributed by atoms with E-state index >= 15 is 0 Å². The van der Waals surface area contributed by atoms with E-state index in [0.29, 0.717) is 18.7 Å². The molecule has 5 nitrogen and oxygen atoms in total. The van der Waals surface area contributed by atoms with E-state index < -0.39 is 23.8 Å². The van der Waals surface area contributed by atoms with Gasteiger partial charge in [0.1, 0.15) is 0 Å². The van der Waals surface area contributed by atoms with Gasteiger partial charge in [0.2, 0.25) is 0 Å². The van der Waals surface area contributed by atoms with E-state index in [0.717, 1.165) is 11.6 Å². The highest BCUT2D eigenvalue weighted by Crippen LogP contribution is 2.39. The summed E-state index contributed by atoms with van der Waals surface area (Å²) in [4.78, 5) is 26.6. The van der Waals surface area contributed by atoms with Gasteiger partial charge in [0.05, 0.1) is 29.4 Å². The van der Waals surface area contributed by atoms with Crippen molar-refractivity contribution in [2.45, 2.75) is 18.6 Å². The number of amides is 3. The molecule has 0 spiro atoms. The second-order valence-corrected chi connectivity index (χ2v) is 6.97. The summed E-state index contributed by atoms with van der Waals surface area (Å²) in [5.74, 6) is -0.370. The van der Waals surface area contributed by atoms with Crippen molar-refractivity contribution in [3.05, 3.63) is 82.6 Å². The molecule has 0 aliphatic carbocycles. The van der Waals surface area contributed by atoms with Gasteiger partial charge < -0.3 is 15.5 Å². The summed E-state index contributed by atoms with van der Waals surface area (Å²) in [5, 5.41) is 5.07. The van der Waals surface area contributed by atoms with Gasteiger partial charge >= 0.3 is 12.2 Å². The Hall–Kier alpha value is -3.29. The van der Waals surface area contributed by atoms with Crippen molar-refractivity contribution < 1.29 is 22.8 Å². The first kappa shape index (κ1) is 19.0. The van der Waals surface area contributed by atoms with Crippen LogP contribution in [-0.4, -0.2) is 29.9 Å². The highest BCUT2D eigenvalue weighted by Gasteiger charge is 2.43. The Morgan fingerprint density at radius 3 is 2.41 bits per heavy atom. The molecule has 3 amide bonds. The van der Waals surface area contributed by atoms with Gasteiger partial charge in [-0.25, -0.2) is 4.79 Å². The molecule has 1 unspecified atom stereocenters. The Bertz CT molecular complexity index is 986. The third-order valence-corrected chi connectivity index (χ3v) is 5.11. The molecule has 0 saturated carbocycles. The first-order valence-electron chi connectivity index (χ1n) is 9.14. The maximum Gasteiger partial charge on any atom is 0.416 e. The first-order chi connectivity index (χ1) is 13.8. The van der Waals surface area contributed by atoms with Crippen LogP contribution in [0.1, 0.15) is 22.7 Å². The summed E-state index contributed by atoms with van der Waals surface area (Å²) in [6, 6.07) is 12.8. The van der Waals surface area contributed by atoms with Crippen LogP contribution in [0.25, 0.3) is 0 Å². The van der Waals surface area contributed by atoms with Crippen molar-refractivity contribution in [3.8, 4) is 0 Å². The number of hydrogen-bond donors (Lipinski definition) is 2. The summed E-state index contributed by atoms with van der Waals surface area (Å²) >= 11 is 0. The Morgan fingerprint density at radius 2 is 1.69 bits per heavy atom. The van der Waals surface area contributed by atoms with Crippen LogP contribution in [0.3, 0.4) is 0 Å². The zero-order valence-corrected chi connectivity index (χ0v) is 15.3. The number of rotatable bonds is 4. The number of urea groups is 1. The van der Waals surface area contributed by atoms with Gasteiger partial charge in [0.25, 0.3) is 5.91 Å². The lowest BCUT2D eigenvalue weighted by atomic mass is 9.92. The summed E-state index contributed by atoms with van der Waals surface area (Å²) in [5.41, 5.74) is 0.560. The summed E-state index contributed by atoms with van der Waals surface area (Å²) < 4.78 is 40.5. The molecule has 150 valence electrons. The van der Waals surface area contributed by atoms with E-state index in [1.807, 2.05) is 30.3 Å². The zero-order chi connectivity index (χ0) is 20.6. The van der Waals surface area contributed by atoms with E-state index in [9.17, 15) is 22.8 Å². The number of nitrogens with zero attached hydrogens (tertiary/aromatic N) is 1. The molecular formula is C21H18F3N3O2. The lowest BCUT2D eigenvalue weighted by molar-refractivity contribution is -0.138. The van der Waals surface area contributed by atoms with Crippen LogP contribution in [0.4, 0.5) is 18.0 Å². The third-order valence-electron chi connectivity index (χ3n) is 5.11. The summed E-state index contributed by atoms with van der Waals surface area (Å²) in [6.45, 7) is 0.568. The second-order valence-electron chi connectivity index (χ2n) is 6.97. The van der Waals surface area contributed by atoms with Crippen molar-refractivity contribution in [1.29, 1.82) is 0 Å². The minimum atomic E-state index is -4.60. The molecule has 2 heterocycles. The number of halogens is 3. The number of nitrogens with one attached hydrogen (secondary N) is 2. The van der Waals surface area contributed by atoms with Crippen molar-refractivity contribution in [2.24, 2.45) is 0 Å². The Balaban J connectivity index is 1.62. The van der Waals surface area contributed by atoms with Gasteiger partial charge in [-0.05, 0) is 23.6 Å². The molecule has 2 aromatic carbocycles. The van der Waals surface area contributed by atoms with Crippen LogP contribution in [0.15, 0.2) is 65.9 Å². The monoisotopic (exact) mass is 401 g/mol. The van der Waals surface area contributed by atoms with Crippen molar-refractivity contribution in [1.82, 2.24) is 15.5 Å². The molecule has 0 radical (unpaired) electrons. The van der Waals surface area contributed by atoms with Gasteiger partial charge in [0.15, 0.2) is 0 Å². The minimum absolute atomic E-state index is 0.138. The second kappa shape index (κ2) is 7.27.